The lowest BCUT2D eigenvalue weighted by Gasteiger charge is -2.32. The van der Waals surface area contributed by atoms with Crippen LogP contribution in [0.5, 0.6) is 0 Å². The third-order valence-corrected chi connectivity index (χ3v) is 4.72. The zero-order valence-electron chi connectivity index (χ0n) is 14.1. The van der Waals surface area contributed by atoms with E-state index in [4.69, 9.17) is 23.1 Å². The van der Waals surface area contributed by atoms with Crippen LogP contribution in [0.2, 0.25) is 0 Å². The molecule has 2 aromatic rings. The number of aromatic nitrogens is 1. The van der Waals surface area contributed by atoms with Gasteiger partial charge in [-0.25, -0.2) is 0 Å². The Labute approximate surface area is 158 Å². The number of anilines is 1. The van der Waals surface area contributed by atoms with Crippen LogP contribution in [0.3, 0.4) is 0 Å². The molecule has 26 heavy (non-hydrogen) atoms. The fourth-order valence-electron chi connectivity index (χ4n) is 2.60. The first-order valence-corrected chi connectivity index (χ1v) is 9.21. The Balaban J connectivity index is 2.41. The maximum Gasteiger partial charge on any atom is 0.245 e. The lowest BCUT2D eigenvalue weighted by atomic mass is 10.1. The van der Waals surface area contributed by atoms with Crippen LogP contribution in [0.4, 0.5) is 5.69 Å². The van der Waals surface area contributed by atoms with E-state index in [0.29, 0.717) is 11.9 Å². The van der Waals surface area contributed by atoms with Crippen molar-refractivity contribution in [1.82, 2.24) is 4.98 Å². The number of aliphatic imine (C=N–C) groups is 1. The molecule has 4 N–H and O–H groups in total. The van der Waals surface area contributed by atoms with E-state index in [1.165, 1.54) is 0 Å². The van der Waals surface area contributed by atoms with Gasteiger partial charge in [0, 0.05) is 29.4 Å². The number of carbonyl (C=O) groups excluding carboxylic acids is 1. The molecule has 0 radical (unpaired) electrons. The minimum absolute atomic E-state index is 0.0726. The van der Waals surface area contributed by atoms with Gasteiger partial charge in [0.25, 0.3) is 0 Å². The van der Waals surface area contributed by atoms with Gasteiger partial charge in [-0.1, -0.05) is 12.1 Å². The van der Waals surface area contributed by atoms with Crippen molar-refractivity contribution in [3.05, 3.63) is 36.0 Å². The fourth-order valence-corrected chi connectivity index (χ4v) is 3.58. The number of hydrogen-bond acceptors (Lipinski definition) is 5. The Kier molecular flexibility index (Phi) is 6.90. The highest BCUT2D eigenvalue weighted by atomic mass is 35.5. The van der Waals surface area contributed by atoms with Crippen LogP contribution in [0, 0.1) is 6.92 Å². The van der Waals surface area contributed by atoms with Crippen molar-refractivity contribution in [2.75, 3.05) is 10.8 Å². The molecule has 2 unspecified atom stereocenters. The van der Waals surface area contributed by atoms with Crippen molar-refractivity contribution >= 4 is 50.7 Å². The predicted molar refractivity (Wildman–Crippen MR) is 102 cm³/mol. The number of nitrogens with two attached hydrogens (primary N) is 2. The third kappa shape index (κ3) is 4.90. The highest BCUT2D eigenvalue weighted by Gasteiger charge is 2.27. The number of para-hydroxylation sites is 1. The maximum atomic E-state index is 11.9. The van der Waals surface area contributed by atoms with Crippen molar-refractivity contribution in [2.24, 2.45) is 16.5 Å². The summed E-state index contributed by atoms with van der Waals surface area (Å²) in [5, 5.41) is -0.0257. The zero-order chi connectivity index (χ0) is 19.3. The number of fused-ring (bicyclic) bond motifs is 1. The van der Waals surface area contributed by atoms with Gasteiger partial charge in [-0.15, -0.1) is 0 Å². The number of pyridine rings is 1. The summed E-state index contributed by atoms with van der Waals surface area (Å²) in [5.74, 6) is -0.0726. The molecule has 0 bridgehead atoms. The van der Waals surface area contributed by atoms with Gasteiger partial charge in [0.05, 0.1) is 11.2 Å². The average molecular weight is 397 g/mol. The van der Waals surface area contributed by atoms with Crippen molar-refractivity contribution in [1.29, 1.82) is 0 Å². The molecule has 0 aliphatic rings. The molecule has 2 rings (SSSR count). The minimum Gasteiger partial charge on any atom is -0.755 e. The molecule has 0 amide bonds. The highest BCUT2D eigenvalue weighted by Crippen LogP contribution is 2.29. The van der Waals surface area contributed by atoms with Crippen LogP contribution in [-0.2, 0) is 16.1 Å². The molecule has 1 aromatic heterocycles. The second-order valence-corrected chi connectivity index (χ2v) is 6.87. The van der Waals surface area contributed by atoms with E-state index >= 15 is 0 Å². The lowest BCUT2D eigenvalue weighted by Crippen LogP contribution is -2.41. The Morgan fingerprint density at radius 1 is 1.46 bits per heavy atom. The first-order chi connectivity index (χ1) is 12.3. The van der Waals surface area contributed by atoms with Crippen molar-refractivity contribution < 1.29 is 13.6 Å². The van der Waals surface area contributed by atoms with Crippen molar-refractivity contribution in [2.45, 2.75) is 25.8 Å². The molecule has 140 valence electrons. The molecule has 0 fully saturated rings. The summed E-state index contributed by atoms with van der Waals surface area (Å²) in [7, 11) is 0. The number of rotatable bonds is 8. The fraction of sp³-hybridized carbons (Fsp3) is 0.312. The van der Waals surface area contributed by atoms with E-state index in [-0.39, 0.29) is 24.6 Å². The molecular weight excluding hydrogens is 378 g/mol. The molecule has 1 aromatic carbocycles. The van der Waals surface area contributed by atoms with Gasteiger partial charge < -0.3 is 16.0 Å². The monoisotopic (exact) mass is 396 g/mol. The normalized spacial score (nSPS) is 13.2. The summed E-state index contributed by atoms with van der Waals surface area (Å²) in [4.78, 5) is 20.1. The largest absolute Gasteiger partial charge is 0.755 e. The molecule has 0 aliphatic heterocycles. The van der Waals surface area contributed by atoms with Gasteiger partial charge in [0.2, 0.25) is 5.24 Å². The second-order valence-electron chi connectivity index (χ2n) is 5.67. The molecule has 1 heterocycles. The number of aryl methyl sites for hydroxylation is 1. The average Bonchev–Trinajstić information content (AvgIpc) is 2.56. The molecule has 0 spiro atoms. The first-order valence-electron chi connectivity index (χ1n) is 7.80. The summed E-state index contributed by atoms with van der Waals surface area (Å²) >= 11 is 2.96. The number of benzene rings is 1. The first kappa shape index (κ1) is 20.1. The van der Waals surface area contributed by atoms with Gasteiger partial charge in [-0.05, 0) is 49.1 Å². The van der Waals surface area contributed by atoms with Gasteiger partial charge in [-0.2, -0.15) is 0 Å². The Bertz CT molecular complexity index is 857. The highest BCUT2D eigenvalue weighted by molar-refractivity contribution is 7.80. The minimum atomic E-state index is -2.73. The molecule has 0 saturated heterocycles. The van der Waals surface area contributed by atoms with Gasteiger partial charge in [0.1, 0.15) is 6.04 Å². The van der Waals surface area contributed by atoms with E-state index in [2.05, 4.69) is 9.98 Å². The van der Waals surface area contributed by atoms with Gasteiger partial charge in [0.15, 0.2) is 5.96 Å². The standard InChI is InChI=1S/C16H20ClN5O3S/c1-10-8-11-4-2-5-12(14(11)21-9-10)22(26(24)25)13(15(17)23)6-3-7-20-16(18)19/h2,4-5,8-9,13H,3,6-7H2,1H3,(H,24,25)(H4,18,19,20)/p-1. The Morgan fingerprint density at radius 3 is 2.81 bits per heavy atom. The molecule has 0 saturated carbocycles. The van der Waals surface area contributed by atoms with E-state index in [9.17, 15) is 13.6 Å². The number of guanidine groups is 1. The van der Waals surface area contributed by atoms with Crippen LogP contribution in [0.1, 0.15) is 18.4 Å². The van der Waals surface area contributed by atoms with Crippen molar-refractivity contribution in [3.63, 3.8) is 0 Å². The molecule has 0 aliphatic carbocycles. The molecular formula is C16H19ClN5O3S-. The topological polar surface area (TPSA) is 138 Å². The van der Waals surface area contributed by atoms with E-state index in [1.807, 2.05) is 19.1 Å². The van der Waals surface area contributed by atoms with E-state index in [0.717, 1.165) is 15.3 Å². The number of carbonyl (C=O) groups is 1. The summed E-state index contributed by atoms with van der Waals surface area (Å²) < 4.78 is 24.8. The van der Waals surface area contributed by atoms with Crippen molar-refractivity contribution in [3.8, 4) is 0 Å². The van der Waals surface area contributed by atoms with Crippen LogP contribution in [-0.4, -0.2) is 37.5 Å². The van der Waals surface area contributed by atoms with Gasteiger partial charge in [-0.3, -0.25) is 23.3 Å². The Morgan fingerprint density at radius 2 is 2.19 bits per heavy atom. The van der Waals surface area contributed by atoms with Crippen LogP contribution < -0.4 is 15.8 Å². The lowest BCUT2D eigenvalue weighted by molar-refractivity contribution is -0.112. The number of hydrogen-bond donors (Lipinski definition) is 2. The molecule has 10 heteroatoms. The number of nitrogens with zero attached hydrogens (tertiary/aromatic N) is 3. The van der Waals surface area contributed by atoms with Crippen LogP contribution in [0.15, 0.2) is 35.5 Å². The summed E-state index contributed by atoms with van der Waals surface area (Å²) in [6.45, 7) is 2.15. The predicted octanol–water partition coefficient (Wildman–Crippen LogP) is 1.33. The zero-order valence-corrected chi connectivity index (χ0v) is 15.7. The summed E-state index contributed by atoms with van der Waals surface area (Å²) in [5.41, 5.74) is 12.2. The van der Waals surface area contributed by atoms with Crippen LogP contribution in [0.25, 0.3) is 10.9 Å². The molecule has 8 nitrogen and oxygen atoms in total. The third-order valence-electron chi connectivity index (χ3n) is 3.70. The maximum absolute atomic E-state index is 11.9. The summed E-state index contributed by atoms with van der Waals surface area (Å²) in [6.07, 6.45) is 2.18. The quantitative estimate of drug-likeness (QED) is 0.227. The van der Waals surface area contributed by atoms with Gasteiger partial charge >= 0.3 is 0 Å². The van der Waals surface area contributed by atoms with E-state index < -0.39 is 22.6 Å². The number of halogens is 1. The summed E-state index contributed by atoms with van der Waals surface area (Å²) in [6, 6.07) is 5.91. The SMILES string of the molecule is Cc1cnc2c(N(C(CCCN=C(N)N)C(=O)Cl)S(=O)[O-])cccc2c1. The van der Waals surface area contributed by atoms with E-state index in [1.54, 1.807) is 18.3 Å². The smallest absolute Gasteiger partial charge is 0.245 e. The molecule has 2 atom stereocenters. The Hall–Kier alpha value is -2.23. The second kappa shape index (κ2) is 8.93. The van der Waals surface area contributed by atoms with Crippen LogP contribution >= 0.6 is 11.6 Å².